The van der Waals surface area contributed by atoms with E-state index in [2.05, 4.69) is 6.58 Å². The quantitative estimate of drug-likeness (QED) is 0.258. The van der Waals surface area contributed by atoms with E-state index < -0.39 is 68.0 Å². The molecule has 10 unspecified atom stereocenters. The van der Waals surface area contributed by atoms with E-state index in [-0.39, 0.29) is 6.61 Å². The van der Waals surface area contributed by atoms with Crippen LogP contribution in [0.4, 0.5) is 0 Å². The summed E-state index contributed by atoms with van der Waals surface area (Å²) in [5, 5.41) is 59.9. The highest BCUT2D eigenvalue weighted by atomic mass is 16.7. The van der Waals surface area contributed by atoms with Crippen LogP contribution in [0.3, 0.4) is 0 Å². The molecule has 10 atom stereocenters. The zero-order valence-corrected chi connectivity index (χ0v) is 15.4. The molecule has 0 radical (unpaired) electrons. The Bertz CT molecular complexity index is 486. The van der Waals surface area contributed by atoms with Gasteiger partial charge in [-0.3, -0.25) is 0 Å². The molecule has 2 aliphatic heterocycles. The number of aliphatic hydroxyl groups is 6. The highest BCUT2D eigenvalue weighted by Crippen LogP contribution is 2.29. The number of aliphatic hydroxyl groups excluding tert-OH is 6. The Hall–Kier alpha value is -0.660. The van der Waals surface area contributed by atoms with Gasteiger partial charge >= 0.3 is 0 Å². The van der Waals surface area contributed by atoms with Crippen LogP contribution in [0.15, 0.2) is 12.2 Å². The van der Waals surface area contributed by atoms with E-state index in [4.69, 9.17) is 18.9 Å². The molecule has 0 amide bonds. The Labute approximate surface area is 157 Å². The molecule has 27 heavy (non-hydrogen) atoms. The van der Waals surface area contributed by atoms with Crippen molar-refractivity contribution in [2.45, 2.75) is 81.7 Å². The molecule has 2 rings (SSSR count). The van der Waals surface area contributed by atoms with Crippen molar-refractivity contribution in [1.29, 1.82) is 0 Å². The van der Waals surface area contributed by atoms with E-state index in [0.29, 0.717) is 6.42 Å². The average molecular weight is 394 g/mol. The minimum absolute atomic E-state index is 0.208. The molecule has 6 N–H and O–H groups in total. The van der Waals surface area contributed by atoms with Crippen LogP contribution in [0.5, 0.6) is 0 Å². The van der Waals surface area contributed by atoms with Gasteiger partial charge in [-0.2, -0.15) is 0 Å². The van der Waals surface area contributed by atoms with Gasteiger partial charge in [0.25, 0.3) is 0 Å². The molecule has 10 nitrogen and oxygen atoms in total. The first kappa shape index (κ1) is 22.6. The molecule has 10 heteroatoms. The Balaban J connectivity index is 2.03. The second-order valence-corrected chi connectivity index (χ2v) is 7.07. The molecular formula is C17H30O10. The standard InChI is InChI=1S/C17H30O10/c1-7(2)4-5-24-16-14(23)12(21)15(9(6-18)26-16)27-17-13(22)11(20)10(19)8(3)25-17/h8-23H,1,4-6H2,2-3H3. The molecule has 158 valence electrons. The van der Waals surface area contributed by atoms with Crippen molar-refractivity contribution in [3.8, 4) is 0 Å². The SMILES string of the molecule is C=C(C)CCOC1OC(CO)C(OC2OC(C)C(O)C(O)C2O)C(O)C1O. The minimum atomic E-state index is -1.59. The topological polar surface area (TPSA) is 158 Å². The van der Waals surface area contributed by atoms with Gasteiger partial charge in [0.2, 0.25) is 0 Å². The van der Waals surface area contributed by atoms with E-state index in [1.807, 2.05) is 6.92 Å². The third-order valence-corrected chi connectivity index (χ3v) is 4.73. The second-order valence-electron chi connectivity index (χ2n) is 7.07. The number of rotatable bonds is 7. The molecule has 0 bridgehead atoms. The minimum Gasteiger partial charge on any atom is -0.394 e. The molecule has 0 aromatic carbocycles. The lowest BCUT2D eigenvalue weighted by Gasteiger charge is -2.45. The zero-order chi connectivity index (χ0) is 20.3. The molecule has 0 spiro atoms. The lowest BCUT2D eigenvalue weighted by atomic mass is 9.97. The largest absolute Gasteiger partial charge is 0.394 e. The van der Waals surface area contributed by atoms with Gasteiger partial charge in [-0.1, -0.05) is 5.57 Å². The highest BCUT2D eigenvalue weighted by Gasteiger charge is 2.50. The Morgan fingerprint density at radius 2 is 1.56 bits per heavy atom. The van der Waals surface area contributed by atoms with Crippen molar-refractivity contribution in [3.05, 3.63) is 12.2 Å². The molecule has 0 aromatic heterocycles. The van der Waals surface area contributed by atoms with Crippen LogP contribution in [0.25, 0.3) is 0 Å². The maximum Gasteiger partial charge on any atom is 0.187 e. The average Bonchev–Trinajstić information content (AvgIpc) is 2.62. The van der Waals surface area contributed by atoms with Gasteiger partial charge < -0.3 is 49.6 Å². The van der Waals surface area contributed by atoms with Crippen molar-refractivity contribution >= 4 is 0 Å². The highest BCUT2D eigenvalue weighted by molar-refractivity contribution is 4.94. The predicted molar refractivity (Wildman–Crippen MR) is 90.4 cm³/mol. The summed E-state index contributed by atoms with van der Waals surface area (Å²) in [7, 11) is 0. The van der Waals surface area contributed by atoms with Gasteiger partial charge in [-0.15, -0.1) is 6.58 Å². The third-order valence-electron chi connectivity index (χ3n) is 4.73. The summed E-state index contributed by atoms with van der Waals surface area (Å²) in [6, 6.07) is 0. The first-order valence-corrected chi connectivity index (χ1v) is 8.91. The van der Waals surface area contributed by atoms with Gasteiger partial charge in [0, 0.05) is 0 Å². The smallest absolute Gasteiger partial charge is 0.187 e. The van der Waals surface area contributed by atoms with Crippen molar-refractivity contribution < 1.29 is 49.6 Å². The third kappa shape index (κ3) is 5.24. The summed E-state index contributed by atoms with van der Waals surface area (Å²) in [6.07, 6.45) is -12.6. The first-order valence-electron chi connectivity index (χ1n) is 8.91. The van der Waals surface area contributed by atoms with E-state index in [0.717, 1.165) is 5.57 Å². The number of hydrogen-bond acceptors (Lipinski definition) is 10. The first-order chi connectivity index (χ1) is 12.7. The maximum atomic E-state index is 10.4. The number of ether oxygens (including phenoxy) is 4. The Morgan fingerprint density at radius 1 is 0.926 bits per heavy atom. The summed E-state index contributed by atoms with van der Waals surface area (Å²) in [4.78, 5) is 0. The van der Waals surface area contributed by atoms with E-state index >= 15 is 0 Å². The lowest BCUT2D eigenvalue weighted by Crippen LogP contribution is -2.64. The van der Waals surface area contributed by atoms with Crippen LogP contribution in [0.1, 0.15) is 20.3 Å². The molecule has 0 aliphatic carbocycles. The van der Waals surface area contributed by atoms with Crippen LogP contribution in [-0.2, 0) is 18.9 Å². The van der Waals surface area contributed by atoms with Gasteiger partial charge in [0.1, 0.15) is 42.7 Å². The molecule has 2 fully saturated rings. The summed E-state index contributed by atoms with van der Waals surface area (Å²) < 4.78 is 21.7. The van der Waals surface area contributed by atoms with Gasteiger partial charge in [0.05, 0.1) is 19.3 Å². The van der Waals surface area contributed by atoms with Crippen molar-refractivity contribution in [3.63, 3.8) is 0 Å². The fourth-order valence-corrected chi connectivity index (χ4v) is 2.99. The van der Waals surface area contributed by atoms with Crippen LogP contribution >= 0.6 is 0 Å². The van der Waals surface area contributed by atoms with Crippen LogP contribution < -0.4 is 0 Å². The number of hydrogen-bond donors (Lipinski definition) is 6. The van der Waals surface area contributed by atoms with E-state index in [9.17, 15) is 30.6 Å². The van der Waals surface area contributed by atoms with Crippen molar-refractivity contribution in [2.75, 3.05) is 13.2 Å². The summed E-state index contributed by atoms with van der Waals surface area (Å²) in [5.41, 5.74) is 0.874. The Morgan fingerprint density at radius 3 is 2.15 bits per heavy atom. The molecule has 2 heterocycles. The molecular weight excluding hydrogens is 364 g/mol. The lowest BCUT2D eigenvalue weighted by molar-refractivity contribution is -0.356. The van der Waals surface area contributed by atoms with E-state index in [1.165, 1.54) is 6.92 Å². The normalized spacial score (nSPS) is 45.6. The van der Waals surface area contributed by atoms with Crippen LogP contribution in [0.2, 0.25) is 0 Å². The monoisotopic (exact) mass is 394 g/mol. The molecule has 2 aliphatic rings. The molecule has 2 saturated heterocycles. The summed E-state index contributed by atoms with van der Waals surface area (Å²) >= 11 is 0. The molecule has 0 saturated carbocycles. The molecule has 0 aromatic rings. The van der Waals surface area contributed by atoms with Crippen LogP contribution in [0, 0.1) is 0 Å². The van der Waals surface area contributed by atoms with Gasteiger partial charge in [-0.25, -0.2) is 0 Å². The maximum absolute atomic E-state index is 10.4. The second kappa shape index (κ2) is 9.70. The fraction of sp³-hybridized carbons (Fsp3) is 0.882. The summed E-state index contributed by atoms with van der Waals surface area (Å²) in [5.74, 6) is 0. The zero-order valence-electron chi connectivity index (χ0n) is 15.4. The van der Waals surface area contributed by atoms with Gasteiger partial charge in [0.15, 0.2) is 12.6 Å². The predicted octanol–water partition coefficient (Wildman–Crippen LogP) is -2.38. The van der Waals surface area contributed by atoms with Crippen molar-refractivity contribution in [1.82, 2.24) is 0 Å². The van der Waals surface area contributed by atoms with E-state index in [1.54, 1.807) is 0 Å². The fourth-order valence-electron chi connectivity index (χ4n) is 2.99. The Kier molecular flexibility index (Phi) is 8.13. The van der Waals surface area contributed by atoms with Crippen molar-refractivity contribution in [2.24, 2.45) is 0 Å². The van der Waals surface area contributed by atoms with Gasteiger partial charge in [-0.05, 0) is 20.3 Å². The van der Waals surface area contributed by atoms with Crippen LogP contribution in [-0.4, -0.2) is 105 Å². The summed E-state index contributed by atoms with van der Waals surface area (Å²) in [6.45, 7) is 6.68.